The molecule has 0 amide bonds. The number of carbonyl (C=O) groups excluding carboxylic acids is 3. The van der Waals surface area contributed by atoms with Gasteiger partial charge in [-0.1, -0.05) is 72.6 Å². The second kappa shape index (κ2) is 9.52. The summed E-state index contributed by atoms with van der Waals surface area (Å²) in [5.74, 6) is -1.91. The van der Waals surface area contributed by atoms with Crippen molar-refractivity contribution in [1.82, 2.24) is 0 Å². The number of esters is 1. The summed E-state index contributed by atoms with van der Waals surface area (Å²) in [6.07, 6.45) is 2.41. The number of hydrogen-bond acceptors (Lipinski definition) is 7. The van der Waals surface area contributed by atoms with Crippen LogP contribution in [-0.2, 0) is 14.3 Å². The third kappa shape index (κ3) is 3.60. The second-order valence-electron chi connectivity index (χ2n) is 10.4. The van der Waals surface area contributed by atoms with Crippen LogP contribution in [0.2, 0.25) is 5.02 Å². The highest BCUT2D eigenvalue weighted by Crippen LogP contribution is 2.56. The Balaban J connectivity index is 1.52. The lowest BCUT2D eigenvalue weighted by atomic mass is 9.63. The van der Waals surface area contributed by atoms with Gasteiger partial charge in [-0.25, -0.2) is 4.79 Å². The topological polar surface area (TPSA) is 88.1 Å². The first kappa shape index (κ1) is 26.1. The Bertz CT molecular complexity index is 1680. The number of ketones is 2. The summed E-state index contributed by atoms with van der Waals surface area (Å²) in [4.78, 5) is 41.6. The number of carbonyl (C=O) groups is 3. The van der Waals surface area contributed by atoms with Crippen LogP contribution >= 0.6 is 11.6 Å². The van der Waals surface area contributed by atoms with E-state index in [9.17, 15) is 14.4 Å². The Morgan fingerprint density at radius 3 is 2.40 bits per heavy atom. The maximum Gasteiger partial charge on any atom is 0.333 e. The van der Waals surface area contributed by atoms with Crippen LogP contribution in [0.4, 0.5) is 0 Å². The normalized spacial score (nSPS) is 23.5. The molecule has 7 nitrogen and oxygen atoms in total. The molecule has 1 aliphatic heterocycles. The van der Waals surface area contributed by atoms with Crippen LogP contribution in [0.3, 0.4) is 0 Å². The van der Waals surface area contributed by atoms with E-state index in [2.05, 4.69) is 0 Å². The Labute approximate surface area is 236 Å². The van der Waals surface area contributed by atoms with E-state index in [1.54, 1.807) is 6.08 Å². The number of rotatable bonds is 4. The van der Waals surface area contributed by atoms with Crippen molar-refractivity contribution in [1.29, 1.82) is 0 Å². The molecule has 0 saturated heterocycles. The van der Waals surface area contributed by atoms with E-state index in [1.807, 2.05) is 49.4 Å². The van der Waals surface area contributed by atoms with E-state index < -0.39 is 35.0 Å². The van der Waals surface area contributed by atoms with Crippen molar-refractivity contribution in [2.45, 2.75) is 31.3 Å². The first-order chi connectivity index (χ1) is 19.2. The fraction of sp³-hybridized carbons (Fsp3) is 0.281. The smallest absolute Gasteiger partial charge is 0.333 e. The molecule has 3 aromatic rings. The van der Waals surface area contributed by atoms with Crippen LogP contribution in [0.1, 0.15) is 41.6 Å². The predicted molar refractivity (Wildman–Crippen MR) is 149 cm³/mol. The van der Waals surface area contributed by atoms with Gasteiger partial charge in [0.25, 0.3) is 0 Å². The molecular formula is C32H27ClO7. The lowest BCUT2D eigenvalue weighted by Crippen LogP contribution is -2.57. The van der Waals surface area contributed by atoms with Crippen LogP contribution in [0.15, 0.2) is 71.3 Å². The van der Waals surface area contributed by atoms with Crippen molar-refractivity contribution >= 4 is 39.9 Å². The minimum Gasteiger partial charge on any atom is -0.496 e. The maximum absolute atomic E-state index is 14.7. The molecule has 40 heavy (non-hydrogen) atoms. The summed E-state index contributed by atoms with van der Waals surface area (Å²) in [5.41, 5.74) is 0.867. The van der Waals surface area contributed by atoms with Crippen LogP contribution in [0, 0.1) is 5.92 Å². The molecular weight excluding hydrogens is 532 g/mol. The third-order valence-corrected chi connectivity index (χ3v) is 8.65. The molecule has 6 rings (SSSR count). The number of fused-ring (bicyclic) bond motifs is 2. The zero-order chi connectivity index (χ0) is 28.3. The standard InChI is InChI=1S/C32H27ClO7/c1-16-11-20-13-21(31(36)39-4)14-22(19-10-9-17-7-5-6-8-18(17)12-19)25(20)29(34)32(16)30(35)26-23(37-2)15-24(38-3)27(33)28(26)40-32/h5-10,12,14-16,22H,11,13H2,1-4H3/t16-,22+,32+/m1/s1. The van der Waals surface area contributed by atoms with Gasteiger partial charge in [-0.3, -0.25) is 9.59 Å². The average Bonchev–Trinajstić information content (AvgIpc) is 3.29. The number of halogens is 1. The van der Waals surface area contributed by atoms with Gasteiger partial charge in [-0.2, -0.15) is 0 Å². The lowest BCUT2D eigenvalue weighted by molar-refractivity contribution is -0.136. The molecule has 0 saturated carbocycles. The molecule has 0 radical (unpaired) electrons. The Hall–Kier alpha value is -4.10. The predicted octanol–water partition coefficient (Wildman–Crippen LogP) is 6.02. The number of hydrogen-bond donors (Lipinski definition) is 0. The van der Waals surface area contributed by atoms with Crippen LogP contribution in [0.25, 0.3) is 10.8 Å². The van der Waals surface area contributed by atoms with Gasteiger partial charge in [0, 0.05) is 35.5 Å². The minimum atomic E-state index is -1.82. The summed E-state index contributed by atoms with van der Waals surface area (Å²) in [6, 6.07) is 15.4. The van der Waals surface area contributed by atoms with E-state index in [1.165, 1.54) is 27.4 Å². The molecule has 0 aromatic heterocycles. The zero-order valence-electron chi connectivity index (χ0n) is 22.5. The third-order valence-electron chi connectivity index (χ3n) is 8.29. The van der Waals surface area contributed by atoms with Gasteiger partial charge in [0.1, 0.15) is 22.1 Å². The first-order valence-electron chi connectivity index (χ1n) is 13.0. The number of methoxy groups -OCH3 is 3. The van der Waals surface area contributed by atoms with Gasteiger partial charge in [0.05, 0.1) is 21.3 Å². The summed E-state index contributed by atoms with van der Waals surface area (Å²) in [6.45, 7) is 1.81. The van der Waals surface area contributed by atoms with Gasteiger partial charge >= 0.3 is 5.97 Å². The van der Waals surface area contributed by atoms with Gasteiger partial charge < -0.3 is 18.9 Å². The molecule has 8 heteroatoms. The number of ether oxygens (including phenoxy) is 4. The summed E-state index contributed by atoms with van der Waals surface area (Å²) in [5, 5.41) is 2.15. The zero-order valence-corrected chi connectivity index (χ0v) is 23.3. The molecule has 2 aliphatic carbocycles. The highest BCUT2D eigenvalue weighted by molar-refractivity contribution is 6.36. The summed E-state index contributed by atoms with van der Waals surface area (Å²) in [7, 11) is 4.23. The van der Waals surface area contributed by atoms with E-state index in [-0.39, 0.29) is 34.3 Å². The van der Waals surface area contributed by atoms with E-state index in [0.717, 1.165) is 21.9 Å². The molecule has 3 aromatic carbocycles. The first-order valence-corrected chi connectivity index (χ1v) is 13.4. The number of benzene rings is 3. The van der Waals surface area contributed by atoms with Crippen molar-refractivity contribution in [2.75, 3.05) is 21.3 Å². The number of Topliss-reactive ketones (excluding diaryl/α,β-unsaturated/α-hetero) is 2. The SMILES string of the molecule is COC(=O)C1=C[C@@H](c2ccc3ccccc3c2)C2=C(C1)C[C@@H](C)[C@]1(Oc3c(Cl)c(OC)cc(OC)c3C1=O)C2=O. The summed E-state index contributed by atoms with van der Waals surface area (Å²) < 4.78 is 22.3. The van der Waals surface area contributed by atoms with Crippen molar-refractivity contribution in [3.05, 3.63) is 87.5 Å². The lowest BCUT2D eigenvalue weighted by Gasteiger charge is -2.41. The fourth-order valence-corrected chi connectivity index (χ4v) is 6.59. The molecule has 1 heterocycles. The monoisotopic (exact) mass is 558 g/mol. The molecule has 3 atom stereocenters. The Morgan fingerprint density at radius 2 is 1.70 bits per heavy atom. The Morgan fingerprint density at radius 1 is 0.975 bits per heavy atom. The van der Waals surface area contributed by atoms with E-state index in [0.29, 0.717) is 17.6 Å². The molecule has 0 bridgehead atoms. The largest absolute Gasteiger partial charge is 0.496 e. The minimum absolute atomic E-state index is 0.0796. The van der Waals surface area contributed by atoms with Gasteiger partial charge in [-0.05, 0) is 22.8 Å². The van der Waals surface area contributed by atoms with Crippen LogP contribution < -0.4 is 14.2 Å². The van der Waals surface area contributed by atoms with E-state index in [4.69, 9.17) is 30.5 Å². The number of allylic oxidation sites excluding steroid dienone is 2. The van der Waals surface area contributed by atoms with Crippen molar-refractivity contribution < 1.29 is 33.3 Å². The fourth-order valence-electron chi connectivity index (χ4n) is 6.32. The van der Waals surface area contributed by atoms with Crippen LogP contribution in [0.5, 0.6) is 17.2 Å². The quantitative estimate of drug-likeness (QED) is 0.286. The molecule has 0 unspecified atom stereocenters. The van der Waals surface area contributed by atoms with Crippen LogP contribution in [-0.4, -0.2) is 44.5 Å². The van der Waals surface area contributed by atoms with E-state index >= 15 is 0 Å². The van der Waals surface area contributed by atoms with Crippen molar-refractivity contribution in [3.63, 3.8) is 0 Å². The molecule has 0 fully saturated rings. The molecule has 1 spiro atoms. The van der Waals surface area contributed by atoms with Gasteiger partial charge in [0.15, 0.2) is 5.75 Å². The van der Waals surface area contributed by atoms with Gasteiger partial charge in [0.2, 0.25) is 17.2 Å². The second-order valence-corrected chi connectivity index (χ2v) is 10.7. The average molecular weight is 559 g/mol. The summed E-state index contributed by atoms with van der Waals surface area (Å²) >= 11 is 6.59. The van der Waals surface area contributed by atoms with Gasteiger partial charge in [-0.15, -0.1) is 0 Å². The van der Waals surface area contributed by atoms with Crippen molar-refractivity contribution in [2.24, 2.45) is 5.92 Å². The molecule has 0 N–H and O–H groups in total. The molecule has 204 valence electrons. The Kier molecular flexibility index (Phi) is 6.22. The highest BCUT2D eigenvalue weighted by atomic mass is 35.5. The highest BCUT2D eigenvalue weighted by Gasteiger charge is 2.63. The van der Waals surface area contributed by atoms with Crippen molar-refractivity contribution in [3.8, 4) is 17.2 Å². The molecule has 3 aliphatic rings. The maximum atomic E-state index is 14.7.